The van der Waals surface area contributed by atoms with E-state index in [1.54, 1.807) is 6.92 Å². The average Bonchev–Trinajstić information content (AvgIpc) is 3.34. The van der Waals surface area contributed by atoms with Gasteiger partial charge in [-0.25, -0.2) is 0 Å². The highest BCUT2D eigenvalue weighted by Gasteiger charge is 2.46. The maximum absolute atomic E-state index is 10.9. The van der Waals surface area contributed by atoms with Crippen LogP contribution in [0.15, 0.2) is 112 Å². The van der Waals surface area contributed by atoms with Crippen molar-refractivity contribution in [3.8, 4) is 0 Å². The van der Waals surface area contributed by atoms with E-state index < -0.39 is 11.7 Å². The minimum Gasteiger partial charge on any atom is -0.393 e. The molecule has 5 unspecified atom stereocenters. The molecule has 0 radical (unpaired) electrons. The van der Waals surface area contributed by atoms with Crippen molar-refractivity contribution < 1.29 is 20.1 Å². The molecule has 0 aromatic carbocycles. The van der Waals surface area contributed by atoms with Crippen LogP contribution in [0.2, 0.25) is 0 Å². The molecule has 0 aromatic heterocycles. The molecule has 5 atom stereocenters. The minimum absolute atomic E-state index is 0.0196. The molecule has 0 saturated heterocycles. The van der Waals surface area contributed by atoms with Crippen molar-refractivity contribution >= 4 is 0 Å². The van der Waals surface area contributed by atoms with Crippen LogP contribution in [-0.4, -0.2) is 45.3 Å². The molecule has 4 heteroatoms. The second kappa shape index (κ2) is 14.4. The zero-order valence-electron chi connectivity index (χ0n) is 27.8. The molecular formula is C39H54O4. The Morgan fingerprint density at radius 2 is 1.42 bits per heavy atom. The van der Waals surface area contributed by atoms with Gasteiger partial charge in [0.1, 0.15) is 5.60 Å². The van der Waals surface area contributed by atoms with E-state index in [0.29, 0.717) is 12.8 Å². The van der Waals surface area contributed by atoms with E-state index >= 15 is 0 Å². The Labute approximate surface area is 260 Å². The number of aliphatic hydroxyl groups is 3. The lowest BCUT2D eigenvalue weighted by molar-refractivity contribution is -0.0719. The average molecular weight is 587 g/mol. The number of aliphatic hydroxyl groups excluding tert-OH is 2. The van der Waals surface area contributed by atoms with Crippen LogP contribution in [0.3, 0.4) is 0 Å². The molecule has 0 aromatic rings. The molecule has 3 aliphatic rings. The van der Waals surface area contributed by atoms with E-state index in [0.717, 1.165) is 40.7 Å². The summed E-state index contributed by atoms with van der Waals surface area (Å²) >= 11 is 0. The summed E-state index contributed by atoms with van der Waals surface area (Å²) in [6, 6.07) is 0. The molecule has 0 spiro atoms. The number of rotatable bonds is 8. The third-order valence-electron chi connectivity index (χ3n) is 9.04. The lowest BCUT2D eigenvalue weighted by Crippen LogP contribution is -2.49. The third-order valence-corrected chi connectivity index (χ3v) is 9.04. The van der Waals surface area contributed by atoms with Crippen LogP contribution in [-0.2, 0) is 4.74 Å². The van der Waals surface area contributed by atoms with E-state index in [-0.39, 0.29) is 29.1 Å². The number of fused-ring (bicyclic) bond motifs is 1. The van der Waals surface area contributed by atoms with Gasteiger partial charge in [0.15, 0.2) is 0 Å². The van der Waals surface area contributed by atoms with Gasteiger partial charge in [0.05, 0.1) is 24.4 Å². The first kappa shape index (κ1) is 34.8. The van der Waals surface area contributed by atoms with Gasteiger partial charge in [0.25, 0.3) is 0 Å². The molecule has 4 nitrogen and oxygen atoms in total. The molecule has 1 heterocycles. The predicted molar refractivity (Wildman–Crippen MR) is 179 cm³/mol. The fourth-order valence-corrected chi connectivity index (χ4v) is 6.33. The van der Waals surface area contributed by atoms with E-state index in [1.165, 1.54) is 5.57 Å². The molecule has 3 N–H and O–H groups in total. The molecule has 3 rings (SSSR count). The van der Waals surface area contributed by atoms with Gasteiger partial charge < -0.3 is 20.1 Å². The topological polar surface area (TPSA) is 69.9 Å². The van der Waals surface area contributed by atoms with Crippen molar-refractivity contribution in [3.05, 3.63) is 112 Å². The van der Waals surface area contributed by atoms with Crippen molar-refractivity contribution in [2.24, 2.45) is 10.8 Å². The standard InChI is InChI=1S/C39H54O4/c1-27(16-12-17-29(3)20-21-35-37(5,6)23-22-36(41)39(35,9)42)14-10-11-15-28(2)18-13-19-30(4)33-25-32-34(43-33)24-31(40)26-38(32,7)8/h10-20,25,31,33-34,36,40-42H,22-24,26H2,1-9H3. The van der Waals surface area contributed by atoms with Gasteiger partial charge in [-0.3, -0.25) is 0 Å². The Balaban J connectivity index is 1.54. The smallest absolute Gasteiger partial charge is 0.116 e. The van der Waals surface area contributed by atoms with Crippen molar-refractivity contribution in [1.82, 2.24) is 0 Å². The summed E-state index contributed by atoms with van der Waals surface area (Å²) in [7, 11) is 0. The minimum atomic E-state index is -1.26. The number of hydrogen-bond acceptors (Lipinski definition) is 4. The number of hydrogen-bond donors (Lipinski definition) is 3. The van der Waals surface area contributed by atoms with E-state index in [9.17, 15) is 15.3 Å². The van der Waals surface area contributed by atoms with Gasteiger partial charge in [0, 0.05) is 12.0 Å². The molecule has 0 bridgehead atoms. The highest BCUT2D eigenvalue weighted by atomic mass is 16.5. The SMILES string of the molecule is CC(C=C=C1C(C)(C)CCC(O)C1(C)O)=CC=CC(C)=CC=CC=C(C)C=CC=C(C)C1C=C2C(CC(O)CC2(C)C)O1. The predicted octanol–water partition coefficient (Wildman–Crippen LogP) is 8.33. The summed E-state index contributed by atoms with van der Waals surface area (Å²) in [5.74, 6) is 0. The molecule has 2 saturated carbocycles. The fraction of sp³-hybridized carbons (Fsp3) is 0.513. The summed E-state index contributed by atoms with van der Waals surface area (Å²) < 4.78 is 6.27. The molecule has 2 aliphatic carbocycles. The van der Waals surface area contributed by atoms with Crippen molar-refractivity contribution in [2.75, 3.05) is 0 Å². The monoisotopic (exact) mass is 586 g/mol. The summed E-state index contributed by atoms with van der Waals surface area (Å²) in [5.41, 5.74) is 8.35. The molecule has 2 fully saturated rings. The highest BCUT2D eigenvalue weighted by Crippen LogP contribution is 2.46. The largest absolute Gasteiger partial charge is 0.393 e. The Morgan fingerprint density at radius 3 is 2.05 bits per heavy atom. The zero-order valence-corrected chi connectivity index (χ0v) is 27.8. The quantitative estimate of drug-likeness (QED) is 0.152. The third kappa shape index (κ3) is 9.38. The molecular weight excluding hydrogens is 532 g/mol. The summed E-state index contributed by atoms with van der Waals surface area (Å²) in [6.45, 7) is 18.5. The van der Waals surface area contributed by atoms with E-state index in [1.807, 2.05) is 37.3 Å². The summed E-state index contributed by atoms with van der Waals surface area (Å²) in [5, 5.41) is 31.4. The first-order valence-electron chi connectivity index (χ1n) is 15.7. The maximum Gasteiger partial charge on any atom is 0.116 e. The Bertz CT molecular complexity index is 1330. The van der Waals surface area contributed by atoms with Crippen LogP contribution < -0.4 is 0 Å². The van der Waals surface area contributed by atoms with Gasteiger partial charge in [-0.15, -0.1) is 5.73 Å². The van der Waals surface area contributed by atoms with Crippen LogP contribution in [0.1, 0.15) is 88.0 Å². The first-order chi connectivity index (χ1) is 20.0. The van der Waals surface area contributed by atoms with Crippen LogP contribution >= 0.6 is 0 Å². The van der Waals surface area contributed by atoms with Crippen molar-refractivity contribution in [2.45, 2.75) is 118 Å². The molecule has 43 heavy (non-hydrogen) atoms. The van der Waals surface area contributed by atoms with Gasteiger partial charge in [-0.1, -0.05) is 99.6 Å². The Morgan fingerprint density at radius 1 is 0.837 bits per heavy atom. The van der Waals surface area contributed by atoms with E-state index in [2.05, 4.69) is 96.7 Å². The second-order valence-corrected chi connectivity index (χ2v) is 14.1. The summed E-state index contributed by atoms with van der Waals surface area (Å²) in [4.78, 5) is 0. The lowest BCUT2D eigenvalue weighted by Gasteiger charge is -2.44. The lowest BCUT2D eigenvalue weighted by atomic mass is 9.65. The van der Waals surface area contributed by atoms with Gasteiger partial charge in [-0.2, -0.15) is 0 Å². The molecule has 1 aliphatic heterocycles. The van der Waals surface area contributed by atoms with E-state index in [4.69, 9.17) is 4.74 Å². The van der Waals surface area contributed by atoms with Crippen LogP contribution in [0.25, 0.3) is 0 Å². The van der Waals surface area contributed by atoms with Crippen molar-refractivity contribution in [1.29, 1.82) is 0 Å². The maximum atomic E-state index is 10.9. The van der Waals surface area contributed by atoms with Crippen LogP contribution in [0, 0.1) is 10.8 Å². The zero-order chi connectivity index (χ0) is 32.0. The number of ether oxygens (including phenoxy) is 1. The summed E-state index contributed by atoms with van der Waals surface area (Å²) in [6.07, 6.45) is 26.6. The molecule has 234 valence electrons. The van der Waals surface area contributed by atoms with Gasteiger partial charge in [0.2, 0.25) is 0 Å². The van der Waals surface area contributed by atoms with Crippen LogP contribution in [0.5, 0.6) is 0 Å². The normalized spacial score (nSPS) is 32.0. The first-order valence-corrected chi connectivity index (χ1v) is 15.7. The Kier molecular flexibility index (Phi) is 11.6. The highest BCUT2D eigenvalue weighted by molar-refractivity contribution is 5.35. The Hall–Kier alpha value is -2.72. The van der Waals surface area contributed by atoms with Crippen LogP contribution in [0.4, 0.5) is 0 Å². The number of allylic oxidation sites excluding steroid dienone is 13. The van der Waals surface area contributed by atoms with Gasteiger partial charge in [-0.05, 0) is 93.6 Å². The second-order valence-electron chi connectivity index (χ2n) is 14.1. The molecule has 0 amide bonds. The van der Waals surface area contributed by atoms with Crippen molar-refractivity contribution in [3.63, 3.8) is 0 Å². The fourth-order valence-electron chi connectivity index (χ4n) is 6.33. The van der Waals surface area contributed by atoms with Gasteiger partial charge >= 0.3 is 0 Å².